The van der Waals surface area contributed by atoms with Crippen molar-refractivity contribution in [3.8, 4) is 0 Å². The van der Waals surface area contributed by atoms with Crippen molar-refractivity contribution >= 4 is 0 Å². The van der Waals surface area contributed by atoms with Crippen LogP contribution in [-0.2, 0) is 33.2 Å². The third-order valence-corrected chi connectivity index (χ3v) is 3.13. The topological polar surface area (TPSA) is 125 Å². The molecule has 33 heavy (non-hydrogen) atoms. The molecule has 2 unspecified atom stereocenters. The van der Waals surface area contributed by atoms with Crippen LogP contribution in [0.15, 0.2) is 0 Å². The number of rotatable bonds is 22. The first-order valence-electron chi connectivity index (χ1n) is 9.72. The number of aliphatic hydroxyl groups excluding tert-OH is 3. The average Bonchev–Trinajstić information content (AvgIpc) is 2.67. The number of alkyl halides is 6. The van der Waals surface area contributed by atoms with Gasteiger partial charge in [-0.05, 0) is 6.92 Å². The van der Waals surface area contributed by atoms with E-state index in [0.717, 1.165) is 0 Å². The van der Waals surface area contributed by atoms with Gasteiger partial charge in [-0.25, -0.2) is 9.47 Å². The molecular formula is C17H30F6O10. The molecule has 0 heterocycles. The van der Waals surface area contributed by atoms with Crippen molar-refractivity contribution in [3.05, 3.63) is 0 Å². The molecule has 0 spiro atoms. The summed E-state index contributed by atoms with van der Waals surface area (Å²) in [4.78, 5) is 0. The standard InChI is InChI=1S/C17H30F6O10/c1-2-27-7-13(25)9-29-5-6-30-11-15(18,19)32-17(22,23)33-16(20,21)12-31-10-14(26)8-28-4-3-24/h13-14,24-26H,2-12H2,1H3. The summed E-state index contributed by atoms with van der Waals surface area (Å²) in [6, 6.07) is 0. The summed E-state index contributed by atoms with van der Waals surface area (Å²) in [5, 5.41) is 27.2. The summed E-state index contributed by atoms with van der Waals surface area (Å²) in [6.45, 7) is -4.08. The van der Waals surface area contributed by atoms with E-state index in [1.54, 1.807) is 6.92 Å². The van der Waals surface area contributed by atoms with Crippen LogP contribution in [0.1, 0.15) is 6.92 Å². The Balaban J connectivity index is 4.20. The van der Waals surface area contributed by atoms with Gasteiger partial charge in [0.1, 0.15) is 25.4 Å². The third-order valence-electron chi connectivity index (χ3n) is 3.13. The molecule has 0 bridgehead atoms. The molecule has 0 aliphatic rings. The fraction of sp³-hybridized carbons (Fsp3) is 1.00. The van der Waals surface area contributed by atoms with Crippen LogP contribution >= 0.6 is 0 Å². The van der Waals surface area contributed by atoms with Gasteiger partial charge >= 0.3 is 18.5 Å². The zero-order valence-electron chi connectivity index (χ0n) is 17.9. The van der Waals surface area contributed by atoms with Crippen molar-refractivity contribution < 1.29 is 74.8 Å². The molecule has 0 amide bonds. The van der Waals surface area contributed by atoms with Crippen LogP contribution < -0.4 is 0 Å². The smallest absolute Gasteiger partial charge is 0.394 e. The fourth-order valence-corrected chi connectivity index (χ4v) is 1.90. The molecule has 0 rings (SSSR count). The van der Waals surface area contributed by atoms with Crippen molar-refractivity contribution in [2.24, 2.45) is 0 Å². The van der Waals surface area contributed by atoms with Crippen LogP contribution in [0.5, 0.6) is 0 Å². The Labute approximate surface area is 186 Å². The maximum atomic E-state index is 13.4. The number of aliphatic hydroxyl groups is 3. The van der Waals surface area contributed by atoms with Gasteiger partial charge in [0.15, 0.2) is 0 Å². The molecule has 0 aromatic heterocycles. The largest absolute Gasteiger partial charge is 0.495 e. The molecule has 0 aliphatic carbocycles. The molecule has 0 saturated heterocycles. The maximum absolute atomic E-state index is 13.4. The van der Waals surface area contributed by atoms with Crippen LogP contribution in [0.4, 0.5) is 26.3 Å². The van der Waals surface area contributed by atoms with Crippen LogP contribution in [0.2, 0.25) is 0 Å². The van der Waals surface area contributed by atoms with E-state index in [-0.39, 0.29) is 33.0 Å². The van der Waals surface area contributed by atoms with Gasteiger partial charge in [-0.15, -0.1) is 8.78 Å². The van der Waals surface area contributed by atoms with Crippen molar-refractivity contribution in [2.75, 3.05) is 72.7 Å². The monoisotopic (exact) mass is 508 g/mol. The molecule has 0 fully saturated rings. The number of hydrogen-bond acceptors (Lipinski definition) is 10. The number of halogens is 6. The van der Waals surface area contributed by atoms with Gasteiger partial charge in [-0.3, -0.25) is 0 Å². The predicted octanol–water partition coefficient (Wildman–Crippen LogP) is 0.573. The normalized spacial score (nSPS) is 15.1. The fourth-order valence-electron chi connectivity index (χ4n) is 1.90. The Kier molecular flexibility index (Phi) is 16.3. The summed E-state index contributed by atoms with van der Waals surface area (Å²) in [5.74, 6) is 0. The van der Waals surface area contributed by atoms with E-state index < -0.39 is 63.8 Å². The quantitative estimate of drug-likeness (QED) is 0.109. The van der Waals surface area contributed by atoms with Gasteiger partial charge < -0.3 is 39.0 Å². The highest BCUT2D eigenvalue weighted by Gasteiger charge is 2.52. The molecule has 0 aliphatic heterocycles. The van der Waals surface area contributed by atoms with Crippen molar-refractivity contribution in [1.29, 1.82) is 0 Å². The van der Waals surface area contributed by atoms with Gasteiger partial charge in [-0.2, -0.15) is 17.6 Å². The highest BCUT2D eigenvalue weighted by Crippen LogP contribution is 2.33. The van der Waals surface area contributed by atoms with E-state index >= 15 is 0 Å². The first-order chi connectivity index (χ1) is 15.3. The van der Waals surface area contributed by atoms with Gasteiger partial charge in [-0.1, -0.05) is 0 Å². The van der Waals surface area contributed by atoms with Crippen molar-refractivity contribution in [2.45, 2.75) is 37.6 Å². The average molecular weight is 508 g/mol. The summed E-state index contributed by atoms with van der Waals surface area (Å²) >= 11 is 0. The lowest BCUT2D eigenvalue weighted by Crippen LogP contribution is -2.44. The van der Waals surface area contributed by atoms with Gasteiger partial charge in [0.2, 0.25) is 0 Å². The molecule has 0 aromatic carbocycles. The van der Waals surface area contributed by atoms with E-state index in [0.29, 0.717) is 6.61 Å². The first-order valence-corrected chi connectivity index (χ1v) is 9.72. The highest BCUT2D eigenvalue weighted by atomic mass is 19.3. The second kappa shape index (κ2) is 16.7. The number of hydrogen-bond donors (Lipinski definition) is 3. The Morgan fingerprint density at radius 1 is 0.636 bits per heavy atom. The Hall–Kier alpha value is -0.820. The molecule has 0 saturated carbocycles. The minimum absolute atomic E-state index is 0.00630. The van der Waals surface area contributed by atoms with E-state index in [2.05, 4.69) is 23.7 Å². The van der Waals surface area contributed by atoms with Crippen molar-refractivity contribution in [1.82, 2.24) is 0 Å². The zero-order chi connectivity index (χ0) is 25.4. The molecule has 3 N–H and O–H groups in total. The summed E-state index contributed by atoms with van der Waals surface area (Å²) in [7, 11) is 0. The van der Waals surface area contributed by atoms with E-state index in [9.17, 15) is 36.6 Å². The summed E-state index contributed by atoms with van der Waals surface area (Å²) in [5.41, 5.74) is 0. The van der Waals surface area contributed by atoms with Crippen LogP contribution in [-0.4, -0.2) is 119 Å². The molecule has 200 valence electrons. The zero-order valence-corrected chi connectivity index (χ0v) is 17.9. The molecule has 16 heteroatoms. The van der Waals surface area contributed by atoms with Gasteiger partial charge in [0, 0.05) is 6.61 Å². The predicted molar refractivity (Wildman–Crippen MR) is 95.9 cm³/mol. The summed E-state index contributed by atoms with van der Waals surface area (Å²) < 4.78 is 110. The van der Waals surface area contributed by atoms with Gasteiger partial charge in [0.25, 0.3) is 0 Å². The van der Waals surface area contributed by atoms with Crippen molar-refractivity contribution in [3.63, 3.8) is 0 Å². The lowest BCUT2D eigenvalue weighted by molar-refractivity contribution is -0.518. The lowest BCUT2D eigenvalue weighted by Gasteiger charge is -2.26. The Morgan fingerprint density at radius 2 is 1.06 bits per heavy atom. The maximum Gasteiger partial charge on any atom is 0.495 e. The second-order valence-corrected chi connectivity index (χ2v) is 6.35. The highest BCUT2D eigenvalue weighted by molar-refractivity contribution is 4.59. The van der Waals surface area contributed by atoms with E-state index in [1.165, 1.54) is 0 Å². The first kappa shape index (κ1) is 32.2. The minimum Gasteiger partial charge on any atom is -0.394 e. The SMILES string of the molecule is CCOCC(O)COCCOCC(F)(F)OC(F)(F)OC(F)(F)COCC(O)COCCO. The Morgan fingerprint density at radius 3 is 1.58 bits per heavy atom. The van der Waals surface area contributed by atoms with Crippen LogP contribution in [0, 0.1) is 0 Å². The summed E-state index contributed by atoms with van der Waals surface area (Å²) in [6.07, 6.45) is -17.2. The van der Waals surface area contributed by atoms with Crippen LogP contribution in [0.3, 0.4) is 0 Å². The molecule has 0 radical (unpaired) electrons. The minimum atomic E-state index is -5.41. The lowest BCUT2D eigenvalue weighted by atomic mass is 10.4. The number of ether oxygens (including phenoxy) is 7. The molecule has 2 atom stereocenters. The van der Waals surface area contributed by atoms with Crippen LogP contribution in [0.25, 0.3) is 0 Å². The molecular weight excluding hydrogens is 478 g/mol. The molecule has 10 nitrogen and oxygen atoms in total. The van der Waals surface area contributed by atoms with E-state index in [1.807, 2.05) is 0 Å². The van der Waals surface area contributed by atoms with Gasteiger partial charge in [0.05, 0.1) is 52.9 Å². The Bertz CT molecular complexity index is 489. The third kappa shape index (κ3) is 19.2. The van der Waals surface area contributed by atoms with E-state index in [4.69, 9.17) is 14.6 Å². The second-order valence-electron chi connectivity index (χ2n) is 6.35. The molecule has 0 aromatic rings.